The molecule has 1 aromatic carbocycles. The van der Waals surface area contributed by atoms with Crippen molar-refractivity contribution >= 4 is 40.6 Å². The highest BCUT2D eigenvalue weighted by atomic mass is 35.5. The predicted octanol–water partition coefficient (Wildman–Crippen LogP) is 4.40. The predicted molar refractivity (Wildman–Crippen MR) is 141 cm³/mol. The topological polar surface area (TPSA) is 65.8 Å². The van der Waals surface area contributed by atoms with Gasteiger partial charge in [0.2, 0.25) is 5.91 Å². The maximum absolute atomic E-state index is 12.8. The van der Waals surface area contributed by atoms with Gasteiger partial charge in [-0.1, -0.05) is 29.8 Å². The van der Waals surface area contributed by atoms with Crippen LogP contribution in [0.25, 0.3) is 11.7 Å². The van der Waals surface area contributed by atoms with Gasteiger partial charge in [0.1, 0.15) is 5.65 Å². The number of benzene rings is 1. The molecule has 35 heavy (non-hydrogen) atoms. The van der Waals surface area contributed by atoms with E-state index in [1.54, 1.807) is 6.08 Å². The van der Waals surface area contributed by atoms with Gasteiger partial charge in [0.15, 0.2) is 5.15 Å². The zero-order valence-electron chi connectivity index (χ0n) is 19.3. The molecule has 0 unspecified atom stereocenters. The fourth-order valence-electron chi connectivity index (χ4n) is 4.37. The molecule has 7 nitrogen and oxygen atoms in total. The minimum atomic E-state index is -0.213. The third-order valence-corrected chi connectivity index (χ3v) is 6.53. The summed E-state index contributed by atoms with van der Waals surface area (Å²) < 4.78 is 1.86. The summed E-state index contributed by atoms with van der Waals surface area (Å²) in [5, 5.41) is 3.40. The summed E-state index contributed by atoms with van der Waals surface area (Å²) in [6, 6.07) is 17.8. The van der Waals surface area contributed by atoms with E-state index in [1.165, 1.54) is 11.6 Å². The molecule has 0 atom stereocenters. The highest BCUT2D eigenvalue weighted by Crippen LogP contribution is 2.27. The molecule has 3 aromatic heterocycles. The third-order valence-electron chi connectivity index (χ3n) is 6.26. The lowest BCUT2D eigenvalue weighted by molar-refractivity contribution is -0.111. The smallest absolute Gasteiger partial charge is 0.248 e. The summed E-state index contributed by atoms with van der Waals surface area (Å²) in [5.74, 6) is -0.213. The van der Waals surface area contributed by atoms with Crippen LogP contribution in [0.15, 0.2) is 79.3 Å². The summed E-state index contributed by atoms with van der Waals surface area (Å²) in [7, 11) is 0. The van der Waals surface area contributed by atoms with E-state index in [0.29, 0.717) is 10.8 Å². The van der Waals surface area contributed by atoms with Crippen molar-refractivity contribution in [2.24, 2.45) is 0 Å². The van der Waals surface area contributed by atoms with Crippen LogP contribution >= 0.6 is 11.6 Å². The van der Waals surface area contributed by atoms with Gasteiger partial charge in [-0.2, -0.15) is 0 Å². The van der Waals surface area contributed by atoms with Crippen molar-refractivity contribution in [2.75, 3.05) is 42.9 Å². The first-order valence-electron chi connectivity index (χ1n) is 11.7. The van der Waals surface area contributed by atoms with Crippen molar-refractivity contribution in [1.29, 1.82) is 0 Å². The first kappa shape index (κ1) is 23.1. The number of nitrogens with one attached hydrogen (secondary N) is 1. The summed E-state index contributed by atoms with van der Waals surface area (Å²) in [4.78, 5) is 26.0. The molecule has 178 valence electrons. The van der Waals surface area contributed by atoms with E-state index < -0.39 is 0 Å². The number of piperazine rings is 1. The van der Waals surface area contributed by atoms with Gasteiger partial charge < -0.3 is 10.2 Å². The van der Waals surface area contributed by atoms with Crippen molar-refractivity contribution < 1.29 is 4.79 Å². The van der Waals surface area contributed by atoms with Crippen molar-refractivity contribution in [3.8, 4) is 0 Å². The van der Waals surface area contributed by atoms with Crippen molar-refractivity contribution in [1.82, 2.24) is 19.3 Å². The van der Waals surface area contributed by atoms with Crippen molar-refractivity contribution in [2.45, 2.75) is 6.42 Å². The van der Waals surface area contributed by atoms with Gasteiger partial charge in [0.25, 0.3) is 0 Å². The first-order chi connectivity index (χ1) is 17.2. The van der Waals surface area contributed by atoms with E-state index in [0.717, 1.165) is 56.2 Å². The summed E-state index contributed by atoms with van der Waals surface area (Å²) in [5.41, 5.74) is 4.57. The second-order valence-electron chi connectivity index (χ2n) is 8.49. The SMILES string of the molecule is O=C(/C=C/c1c(Cl)nc2ccccn12)Nc1ccccc1N1CCN(CCc2ccncc2)CC1. The lowest BCUT2D eigenvalue weighted by Crippen LogP contribution is -2.47. The van der Waals surface area contributed by atoms with Crippen LogP contribution in [0.4, 0.5) is 11.4 Å². The van der Waals surface area contributed by atoms with Gasteiger partial charge in [0, 0.05) is 57.4 Å². The maximum Gasteiger partial charge on any atom is 0.248 e. The molecule has 0 aliphatic carbocycles. The highest BCUT2D eigenvalue weighted by Gasteiger charge is 2.19. The average Bonchev–Trinajstić information content (AvgIpc) is 3.22. The largest absolute Gasteiger partial charge is 0.367 e. The Bertz CT molecular complexity index is 1330. The molecule has 8 heteroatoms. The van der Waals surface area contributed by atoms with Crippen LogP contribution in [0.2, 0.25) is 5.15 Å². The standard InChI is InChI=1S/C27H27ClN6O/c28-27-24(34-15-4-3-7-25(34)31-27)8-9-26(35)30-22-5-1-2-6-23(22)33-19-17-32(18-20-33)16-12-21-10-13-29-14-11-21/h1-11,13-15H,12,16-20H2,(H,30,35)/b9-8+. The third kappa shape index (κ3) is 5.53. The number of para-hydroxylation sites is 2. The van der Waals surface area contributed by atoms with Crippen molar-refractivity contribution in [3.05, 3.63) is 95.7 Å². The Morgan fingerprint density at radius 3 is 2.60 bits per heavy atom. The zero-order chi connectivity index (χ0) is 24.0. The number of rotatable bonds is 7. The van der Waals surface area contributed by atoms with E-state index in [1.807, 2.05) is 59.4 Å². The second kappa shape index (κ2) is 10.7. The summed E-state index contributed by atoms with van der Waals surface area (Å²) in [6.45, 7) is 4.83. The minimum Gasteiger partial charge on any atom is -0.367 e. The van der Waals surface area contributed by atoms with Gasteiger partial charge in [-0.3, -0.25) is 19.1 Å². The molecule has 4 aromatic rings. The number of aromatic nitrogens is 3. The fraction of sp³-hybridized carbons (Fsp3) is 0.222. The Morgan fingerprint density at radius 2 is 1.77 bits per heavy atom. The van der Waals surface area contributed by atoms with E-state index >= 15 is 0 Å². The quantitative estimate of drug-likeness (QED) is 0.392. The molecule has 1 aliphatic rings. The molecule has 4 heterocycles. The summed E-state index contributed by atoms with van der Waals surface area (Å²) in [6.07, 6.45) is 9.79. The Labute approximate surface area is 209 Å². The second-order valence-corrected chi connectivity index (χ2v) is 8.85. The number of pyridine rings is 2. The van der Waals surface area contributed by atoms with Crippen LogP contribution in [0, 0.1) is 0 Å². The Balaban J connectivity index is 1.20. The van der Waals surface area contributed by atoms with Crippen LogP contribution in [0.1, 0.15) is 11.3 Å². The van der Waals surface area contributed by atoms with Crippen LogP contribution in [-0.4, -0.2) is 57.9 Å². The number of carbonyl (C=O) groups is 1. The van der Waals surface area contributed by atoms with E-state index in [4.69, 9.17) is 11.6 Å². The fourth-order valence-corrected chi connectivity index (χ4v) is 4.61. The molecule has 5 rings (SSSR count). The van der Waals surface area contributed by atoms with Crippen molar-refractivity contribution in [3.63, 3.8) is 0 Å². The number of fused-ring (bicyclic) bond motifs is 1. The molecule has 1 saturated heterocycles. The lowest BCUT2D eigenvalue weighted by Gasteiger charge is -2.37. The molecular weight excluding hydrogens is 460 g/mol. The van der Waals surface area contributed by atoms with Crippen LogP contribution < -0.4 is 10.2 Å². The molecular formula is C27H27ClN6O. The Kier molecular flexibility index (Phi) is 7.07. The summed E-state index contributed by atoms with van der Waals surface area (Å²) >= 11 is 6.28. The molecule has 0 radical (unpaired) electrons. The number of imidazole rings is 1. The number of hydrogen-bond acceptors (Lipinski definition) is 5. The molecule has 0 saturated carbocycles. The number of nitrogens with zero attached hydrogens (tertiary/aromatic N) is 5. The number of anilines is 2. The molecule has 1 aliphatic heterocycles. The van der Waals surface area contributed by atoms with Crippen LogP contribution in [0.5, 0.6) is 0 Å². The molecule has 1 fully saturated rings. The minimum absolute atomic E-state index is 0.213. The average molecular weight is 487 g/mol. The van der Waals surface area contributed by atoms with Gasteiger partial charge >= 0.3 is 0 Å². The number of amides is 1. The lowest BCUT2D eigenvalue weighted by atomic mass is 10.1. The molecule has 1 N–H and O–H groups in total. The van der Waals surface area contributed by atoms with E-state index in [9.17, 15) is 4.79 Å². The molecule has 0 spiro atoms. The Hall–Kier alpha value is -3.68. The monoisotopic (exact) mass is 486 g/mol. The molecule has 0 bridgehead atoms. The van der Waals surface area contributed by atoms with Gasteiger partial charge in [-0.25, -0.2) is 4.98 Å². The number of hydrogen-bond donors (Lipinski definition) is 1. The number of halogens is 1. The van der Waals surface area contributed by atoms with Gasteiger partial charge in [-0.15, -0.1) is 0 Å². The van der Waals surface area contributed by atoms with Gasteiger partial charge in [-0.05, 0) is 54.5 Å². The zero-order valence-corrected chi connectivity index (χ0v) is 20.1. The van der Waals surface area contributed by atoms with Crippen LogP contribution in [-0.2, 0) is 11.2 Å². The van der Waals surface area contributed by atoms with E-state index in [-0.39, 0.29) is 5.91 Å². The van der Waals surface area contributed by atoms with E-state index in [2.05, 4.69) is 43.3 Å². The van der Waals surface area contributed by atoms with Gasteiger partial charge in [0.05, 0.1) is 17.1 Å². The highest BCUT2D eigenvalue weighted by molar-refractivity contribution is 6.31. The first-order valence-corrected chi connectivity index (χ1v) is 12.1. The number of carbonyl (C=O) groups excluding carboxylic acids is 1. The van der Waals surface area contributed by atoms with Crippen LogP contribution in [0.3, 0.4) is 0 Å². The maximum atomic E-state index is 12.8. The Morgan fingerprint density at radius 1 is 1.00 bits per heavy atom. The normalized spacial score (nSPS) is 14.6. The molecule has 1 amide bonds.